The van der Waals surface area contributed by atoms with Gasteiger partial charge in [0.25, 0.3) is 5.91 Å². The topological polar surface area (TPSA) is 113 Å². The number of urea groups is 1. The number of phenols is 1. The highest BCUT2D eigenvalue weighted by atomic mass is 35.5. The van der Waals surface area contributed by atoms with E-state index in [4.69, 9.17) is 11.6 Å². The van der Waals surface area contributed by atoms with Crippen molar-refractivity contribution in [3.8, 4) is 5.75 Å². The number of nitro groups is 1. The Kier molecular flexibility index (Phi) is 4.12. The largest absolute Gasteiger partial charge is 0.502 e. The summed E-state index contributed by atoms with van der Waals surface area (Å²) in [4.78, 5) is 35.6. The number of carbonyl (C=O) groups is 2. The zero-order chi connectivity index (χ0) is 18.1. The molecule has 0 radical (unpaired) electrons. The van der Waals surface area contributed by atoms with Gasteiger partial charge < -0.3 is 10.4 Å². The van der Waals surface area contributed by atoms with Crippen LogP contribution in [0.2, 0.25) is 5.02 Å². The number of halogens is 1. The number of anilines is 1. The Bertz CT molecular complexity index is 924. The zero-order valence-corrected chi connectivity index (χ0v) is 13.2. The second kappa shape index (κ2) is 6.25. The van der Waals surface area contributed by atoms with Crippen LogP contribution in [-0.4, -0.2) is 22.0 Å². The first-order valence-electron chi connectivity index (χ1n) is 6.97. The lowest BCUT2D eigenvalue weighted by molar-refractivity contribution is -0.385. The van der Waals surface area contributed by atoms with E-state index in [0.29, 0.717) is 10.7 Å². The number of carbonyl (C=O) groups excluding carboxylic acids is 2. The molecule has 0 atom stereocenters. The molecule has 1 aliphatic rings. The molecule has 2 aromatic carbocycles. The number of para-hydroxylation sites is 1. The van der Waals surface area contributed by atoms with Crippen molar-refractivity contribution in [2.45, 2.75) is 0 Å². The number of nitrogens with one attached hydrogen (secondary N) is 1. The van der Waals surface area contributed by atoms with Crippen molar-refractivity contribution in [2.75, 3.05) is 4.90 Å². The number of aromatic hydroxyl groups is 1. The number of phenolic OH excluding ortho intramolecular Hbond substituents is 1. The summed E-state index contributed by atoms with van der Waals surface area (Å²) < 4.78 is 0. The summed E-state index contributed by atoms with van der Waals surface area (Å²) in [5.41, 5.74) is -0.259. The van der Waals surface area contributed by atoms with Gasteiger partial charge in [-0.05, 0) is 30.3 Å². The molecule has 3 rings (SSSR count). The van der Waals surface area contributed by atoms with Crippen LogP contribution in [0.15, 0.2) is 48.2 Å². The highest BCUT2D eigenvalue weighted by Crippen LogP contribution is 2.32. The first-order chi connectivity index (χ1) is 11.9. The number of amides is 3. The molecule has 8 nitrogen and oxygen atoms in total. The third kappa shape index (κ3) is 3.02. The molecule has 0 unspecified atom stereocenters. The Labute approximate surface area is 146 Å². The summed E-state index contributed by atoms with van der Waals surface area (Å²) in [5.74, 6) is -1.25. The van der Waals surface area contributed by atoms with Crippen LogP contribution in [0.3, 0.4) is 0 Å². The van der Waals surface area contributed by atoms with Gasteiger partial charge in [-0.25, -0.2) is 9.69 Å². The van der Waals surface area contributed by atoms with E-state index in [-0.39, 0.29) is 11.3 Å². The third-order valence-electron chi connectivity index (χ3n) is 3.51. The molecule has 0 aromatic heterocycles. The van der Waals surface area contributed by atoms with E-state index in [9.17, 15) is 24.8 Å². The normalized spacial score (nSPS) is 15.6. The molecule has 0 saturated carbocycles. The lowest BCUT2D eigenvalue weighted by Crippen LogP contribution is -2.30. The van der Waals surface area contributed by atoms with Crippen LogP contribution in [0, 0.1) is 10.1 Å². The summed E-state index contributed by atoms with van der Waals surface area (Å²) in [5, 5.41) is 23.6. The molecule has 126 valence electrons. The van der Waals surface area contributed by atoms with Crippen LogP contribution < -0.4 is 10.2 Å². The summed E-state index contributed by atoms with van der Waals surface area (Å²) in [6.45, 7) is 0. The van der Waals surface area contributed by atoms with E-state index in [1.807, 2.05) is 0 Å². The monoisotopic (exact) mass is 359 g/mol. The molecule has 3 amide bonds. The average molecular weight is 360 g/mol. The van der Waals surface area contributed by atoms with E-state index in [1.165, 1.54) is 42.5 Å². The lowest BCUT2D eigenvalue weighted by atomic mass is 10.1. The maximum absolute atomic E-state index is 12.5. The van der Waals surface area contributed by atoms with Crippen molar-refractivity contribution < 1.29 is 19.6 Å². The number of imide groups is 1. The number of benzene rings is 2. The zero-order valence-electron chi connectivity index (χ0n) is 12.5. The fraction of sp³-hybridized carbons (Fsp3) is 0. The van der Waals surface area contributed by atoms with Gasteiger partial charge in [0.1, 0.15) is 5.70 Å². The first kappa shape index (κ1) is 16.5. The van der Waals surface area contributed by atoms with Crippen molar-refractivity contribution in [3.63, 3.8) is 0 Å². The quantitative estimate of drug-likeness (QED) is 0.378. The SMILES string of the molecule is O=C1N/C(=C/c2cccc([N+](=O)[O-])c2O)C(=O)N1c1ccc(Cl)cc1. The van der Waals surface area contributed by atoms with Gasteiger partial charge in [0.2, 0.25) is 5.75 Å². The third-order valence-corrected chi connectivity index (χ3v) is 3.76. The van der Waals surface area contributed by atoms with Crippen LogP contribution in [-0.2, 0) is 4.79 Å². The number of nitro benzene ring substituents is 1. The van der Waals surface area contributed by atoms with Gasteiger partial charge in [0, 0.05) is 16.7 Å². The first-order valence-corrected chi connectivity index (χ1v) is 7.35. The van der Waals surface area contributed by atoms with Crippen molar-refractivity contribution in [3.05, 3.63) is 68.9 Å². The lowest BCUT2D eigenvalue weighted by Gasteiger charge is -2.11. The van der Waals surface area contributed by atoms with E-state index in [2.05, 4.69) is 5.32 Å². The summed E-state index contributed by atoms with van der Waals surface area (Å²) in [6.07, 6.45) is 1.18. The number of hydrogen-bond donors (Lipinski definition) is 2. The molecule has 2 aromatic rings. The van der Waals surface area contributed by atoms with Crippen molar-refractivity contribution in [2.24, 2.45) is 0 Å². The summed E-state index contributed by atoms with van der Waals surface area (Å²) in [6, 6.07) is 9.29. The molecule has 2 N–H and O–H groups in total. The molecule has 1 saturated heterocycles. The molecular formula is C16H10ClN3O5. The van der Waals surface area contributed by atoms with Crippen molar-refractivity contribution in [1.29, 1.82) is 0 Å². The van der Waals surface area contributed by atoms with Crippen LogP contribution in [0.4, 0.5) is 16.2 Å². The Balaban J connectivity index is 1.97. The number of hydrogen-bond acceptors (Lipinski definition) is 5. The Morgan fingerprint density at radius 2 is 1.84 bits per heavy atom. The van der Waals surface area contributed by atoms with Gasteiger partial charge in [-0.15, -0.1) is 0 Å². The van der Waals surface area contributed by atoms with Crippen molar-refractivity contribution >= 4 is 41.0 Å². The Morgan fingerprint density at radius 1 is 1.16 bits per heavy atom. The van der Waals surface area contributed by atoms with Crippen LogP contribution in [0.25, 0.3) is 6.08 Å². The van der Waals surface area contributed by atoms with Gasteiger partial charge in [-0.2, -0.15) is 0 Å². The highest BCUT2D eigenvalue weighted by Gasteiger charge is 2.35. The molecule has 0 bridgehead atoms. The molecule has 1 aliphatic heterocycles. The number of rotatable bonds is 3. The minimum Gasteiger partial charge on any atom is -0.502 e. The maximum atomic E-state index is 12.5. The van der Waals surface area contributed by atoms with Crippen LogP contribution >= 0.6 is 11.6 Å². The second-order valence-corrected chi connectivity index (χ2v) is 5.51. The maximum Gasteiger partial charge on any atom is 0.333 e. The molecule has 9 heteroatoms. The fourth-order valence-corrected chi connectivity index (χ4v) is 2.45. The highest BCUT2D eigenvalue weighted by molar-refractivity contribution is 6.31. The molecule has 25 heavy (non-hydrogen) atoms. The summed E-state index contributed by atoms with van der Waals surface area (Å²) in [7, 11) is 0. The van der Waals surface area contributed by atoms with Gasteiger partial charge in [-0.1, -0.05) is 23.7 Å². The second-order valence-electron chi connectivity index (χ2n) is 5.08. The van der Waals surface area contributed by atoms with Gasteiger partial charge in [-0.3, -0.25) is 14.9 Å². The number of nitrogens with zero attached hydrogens (tertiary/aromatic N) is 2. The predicted octanol–water partition coefficient (Wildman–Crippen LogP) is 3.05. The molecule has 1 heterocycles. The minimum atomic E-state index is -0.744. The van der Waals surface area contributed by atoms with E-state index < -0.39 is 28.3 Å². The van der Waals surface area contributed by atoms with Crippen molar-refractivity contribution in [1.82, 2.24) is 5.32 Å². The van der Waals surface area contributed by atoms with E-state index in [1.54, 1.807) is 0 Å². The van der Waals surface area contributed by atoms with Crippen LogP contribution in [0.5, 0.6) is 5.75 Å². The van der Waals surface area contributed by atoms with Gasteiger partial charge in [0.15, 0.2) is 0 Å². The summed E-state index contributed by atoms with van der Waals surface area (Å²) >= 11 is 5.79. The van der Waals surface area contributed by atoms with Crippen LogP contribution in [0.1, 0.15) is 5.56 Å². The Hall–Kier alpha value is -3.39. The predicted molar refractivity (Wildman–Crippen MR) is 90.2 cm³/mol. The smallest absolute Gasteiger partial charge is 0.333 e. The fourth-order valence-electron chi connectivity index (χ4n) is 2.33. The van der Waals surface area contributed by atoms with Gasteiger partial charge >= 0.3 is 11.7 Å². The minimum absolute atomic E-state index is 0.0378. The van der Waals surface area contributed by atoms with E-state index in [0.717, 1.165) is 11.0 Å². The standard InChI is InChI=1S/C16H10ClN3O5/c17-10-4-6-11(7-5-10)19-15(22)12(18-16(19)23)8-9-2-1-3-13(14(9)21)20(24)25/h1-8,21H,(H,18,23)/b12-8+. The average Bonchev–Trinajstić information content (AvgIpc) is 2.84. The molecular weight excluding hydrogens is 350 g/mol. The molecule has 0 aliphatic carbocycles. The van der Waals surface area contributed by atoms with Gasteiger partial charge in [0.05, 0.1) is 10.6 Å². The van der Waals surface area contributed by atoms with E-state index >= 15 is 0 Å². The molecule has 0 spiro atoms. The Morgan fingerprint density at radius 3 is 2.48 bits per heavy atom. The molecule has 1 fully saturated rings.